The molecule has 0 unspecified atom stereocenters. The van der Waals surface area contributed by atoms with Gasteiger partial charge in [0, 0.05) is 23.2 Å². The molecule has 0 saturated heterocycles. The van der Waals surface area contributed by atoms with Crippen LogP contribution in [-0.2, 0) is 6.18 Å². The second kappa shape index (κ2) is 7.47. The Bertz CT molecular complexity index is 1310. The zero-order chi connectivity index (χ0) is 21.3. The zero-order valence-electron chi connectivity index (χ0n) is 15.3. The summed E-state index contributed by atoms with van der Waals surface area (Å²) in [6.45, 7) is 0. The molecule has 2 aromatic heterocycles. The maximum absolute atomic E-state index is 13.1. The fourth-order valence-electron chi connectivity index (χ4n) is 3.11. The van der Waals surface area contributed by atoms with E-state index in [0.29, 0.717) is 11.2 Å². The van der Waals surface area contributed by atoms with Crippen LogP contribution in [0.3, 0.4) is 0 Å². The van der Waals surface area contributed by atoms with Crippen LogP contribution in [0.1, 0.15) is 11.1 Å². The lowest BCUT2D eigenvalue weighted by molar-refractivity contribution is -0.137. The third-order valence-electron chi connectivity index (χ3n) is 4.51. The molecular formula is C22H14F3N3O2. The van der Waals surface area contributed by atoms with Crippen LogP contribution in [0, 0.1) is 0 Å². The lowest BCUT2D eigenvalue weighted by Gasteiger charge is -2.15. The van der Waals surface area contributed by atoms with Gasteiger partial charge in [0.05, 0.1) is 16.8 Å². The largest absolute Gasteiger partial charge is 0.494 e. The first kappa shape index (κ1) is 19.4. The van der Waals surface area contributed by atoms with Crippen LogP contribution < -0.4 is 5.56 Å². The number of aromatic hydroxyl groups is 1. The lowest BCUT2D eigenvalue weighted by Crippen LogP contribution is -2.20. The van der Waals surface area contributed by atoms with Crippen LogP contribution in [0.25, 0.3) is 16.5 Å². The summed E-state index contributed by atoms with van der Waals surface area (Å²) in [6.07, 6.45) is -1.70. The second-order valence-corrected chi connectivity index (χ2v) is 6.42. The third kappa shape index (κ3) is 3.55. The number of rotatable bonds is 3. The number of hydrogen-bond acceptors (Lipinski definition) is 4. The van der Waals surface area contributed by atoms with Gasteiger partial charge in [-0.15, -0.1) is 0 Å². The SMILES string of the molecule is O=c1c2ccccc2c(/C=N/c2ccccn2)c(O)n1-c1cccc(C(F)(F)F)c1. The molecule has 30 heavy (non-hydrogen) atoms. The minimum Gasteiger partial charge on any atom is -0.494 e. The highest BCUT2D eigenvalue weighted by Gasteiger charge is 2.31. The Morgan fingerprint density at radius 1 is 0.967 bits per heavy atom. The van der Waals surface area contributed by atoms with E-state index in [2.05, 4.69) is 9.98 Å². The van der Waals surface area contributed by atoms with Crippen LogP contribution in [0.15, 0.2) is 82.7 Å². The predicted octanol–water partition coefficient (Wildman–Crippen LogP) is 4.86. The number of nitrogens with zero attached hydrogens (tertiary/aromatic N) is 3. The highest BCUT2D eigenvalue weighted by atomic mass is 19.4. The molecule has 4 aromatic rings. The fourth-order valence-corrected chi connectivity index (χ4v) is 3.11. The van der Waals surface area contributed by atoms with Crippen molar-refractivity contribution in [1.82, 2.24) is 9.55 Å². The summed E-state index contributed by atoms with van der Waals surface area (Å²) in [4.78, 5) is 21.3. The molecule has 0 radical (unpaired) electrons. The molecule has 0 saturated carbocycles. The Hall–Kier alpha value is -3.94. The molecule has 0 amide bonds. The first-order valence-corrected chi connectivity index (χ1v) is 8.86. The van der Waals surface area contributed by atoms with Crippen LogP contribution in [-0.4, -0.2) is 20.9 Å². The molecule has 8 heteroatoms. The van der Waals surface area contributed by atoms with Crippen molar-refractivity contribution in [3.63, 3.8) is 0 Å². The molecule has 4 rings (SSSR count). The number of halogens is 3. The Morgan fingerprint density at radius 2 is 1.70 bits per heavy atom. The molecule has 0 aliphatic rings. The average molecular weight is 409 g/mol. The number of aliphatic imine (C=N–C) groups is 1. The van der Waals surface area contributed by atoms with Crippen molar-refractivity contribution >= 4 is 22.8 Å². The van der Waals surface area contributed by atoms with Crippen molar-refractivity contribution in [1.29, 1.82) is 0 Å². The van der Waals surface area contributed by atoms with Crippen molar-refractivity contribution in [2.24, 2.45) is 4.99 Å². The van der Waals surface area contributed by atoms with E-state index in [9.17, 15) is 23.1 Å². The molecule has 5 nitrogen and oxygen atoms in total. The van der Waals surface area contributed by atoms with Gasteiger partial charge in [-0.2, -0.15) is 13.2 Å². The van der Waals surface area contributed by atoms with E-state index < -0.39 is 23.2 Å². The molecular weight excluding hydrogens is 395 g/mol. The summed E-state index contributed by atoms with van der Waals surface area (Å²) in [7, 11) is 0. The summed E-state index contributed by atoms with van der Waals surface area (Å²) >= 11 is 0. The van der Waals surface area contributed by atoms with Crippen LogP contribution in [0.2, 0.25) is 0 Å². The second-order valence-electron chi connectivity index (χ2n) is 6.42. The molecule has 0 aliphatic carbocycles. The minimum atomic E-state index is -4.59. The molecule has 0 atom stereocenters. The number of alkyl halides is 3. The van der Waals surface area contributed by atoms with Crippen molar-refractivity contribution < 1.29 is 18.3 Å². The molecule has 0 spiro atoms. The Kier molecular flexibility index (Phi) is 4.83. The fraction of sp³-hybridized carbons (Fsp3) is 0.0455. The molecule has 2 heterocycles. The van der Waals surface area contributed by atoms with E-state index in [1.807, 2.05) is 0 Å². The number of benzene rings is 2. The molecule has 2 aromatic carbocycles. The maximum atomic E-state index is 13.1. The normalized spacial score (nSPS) is 12.0. The standard InChI is InChI=1S/C22H14F3N3O2/c23-22(24,25)14-6-5-7-15(12-14)28-20(29)17-9-2-1-8-16(17)18(21(28)30)13-27-19-10-3-4-11-26-19/h1-13,30H/b27-13+. The van der Waals surface area contributed by atoms with E-state index in [1.54, 1.807) is 48.7 Å². The molecule has 1 N–H and O–H groups in total. The van der Waals surface area contributed by atoms with Gasteiger partial charge in [-0.25, -0.2) is 14.5 Å². The van der Waals surface area contributed by atoms with E-state index in [4.69, 9.17) is 0 Å². The molecule has 0 aliphatic heterocycles. The average Bonchev–Trinajstić information content (AvgIpc) is 2.74. The summed E-state index contributed by atoms with van der Waals surface area (Å²) in [5.74, 6) is -0.143. The lowest BCUT2D eigenvalue weighted by atomic mass is 10.1. The van der Waals surface area contributed by atoms with E-state index >= 15 is 0 Å². The van der Waals surface area contributed by atoms with Gasteiger partial charge >= 0.3 is 6.18 Å². The van der Waals surface area contributed by atoms with Crippen LogP contribution in [0.5, 0.6) is 5.88 Å². The van der Waals surface area contributed by atoms with Crippen LogP contribution >= 0.6 is 0 Å². The topological polar surface area (TPSA) is 67.5 Å². The monoisotopic (exact) mass is 409 g/mol. The maximum Gasteiger partial charge on any atom is 0.416 e. The van der Waals surface area contributed by atoms with Crippen molar-refractivity contribution in [3.05, 3.63) is 94.4 Å². The first-order chi connectivity index (χ1) is 14.4. The van der Waals surface area contributed by atoms with Crippen molar-refractivity contribution in [2.45, 2.75) is 6.18 Å². The summed E-state index contributed by atoms with van der Waals surface area (Å²) < 4.78 is 40.3. The third-order valence-corrected chi connectivity index (χ3v) is 4.51. The number of aromatic nitrogens is 2. The van der Waals surface area contributed by atoms with Gasteiger partial charge in [0.25, 0.3) is 5.56 Å². The minimum absolute atomic E-state index is 0.106. The smallest absolute Gasteiger partial charge is 0.416 e. The number of pyridine rings is 2. The first-order valence-electron chi connectivity index (χ1n) is 8.86. The predicted molar refractivity (Wildman–Crippen MR) is 108 cm³/mol. The summed E-state index contributed by atoms with van der Waals surface area (Å²) in [5.41, 5.74) is -1.49. The highest BCUT2D eigenvalue weighted by molar-refractivity contribution is 6.02. The summed E-state index contributed by atoms with van der Waals surface area (Å²) in [6, 6.07) is 15.8. The van der Waals surface area contributed by atoms with Gasteiger partial charge in [0.15, 0.2) is 5.82 Å². The summed E-state index contributed by atoms with van der Waals surface area (Å²) in [5, 5.41) is 11.5. The van der Waals surface area contributed by atoms with Crippen molar-refractivity contribution in [2.75, 3.05) is 0 Å². The number of hydrogen-bond donors (Lipinski definition) is 1. The Morgan fingerprint density at radius 3 is 2.40 bits per heavy atom. The van der Waals surface area contributed by atoms with E-state index in [-0.39, 0.29) is 16.6 Å². The molecule has 150 valence electrons. The van der Waals surface area contributed by atoms with Gasteiger partial charge in [0.2, 0.25) is 5.88 Å². The van der Waals surface area contributed by atoms with Crippen LogP contribution in [0.4, 0.5) is 19.0 Å². The molecule has 0 fully saturated rings. The Balaban J connectivity index is 1.98. The highest BCUT2D eigenvalue weighted by Crippen LogP contribution is 2.32. The van der Waals surface area contributed by atoms with E-state index in [0.717, 1.165) is 16.7 Å². The van der Waals surface area contributed by atoms with Gasteiger partial charge in [-0.1, -0.05) is 30.3 Å². The van der Waals surface area contributed by atoms with E-state index in [1.165, 1.54) is 18.3 Å². The van der Waals surface area contributed by atoms with Gasteiger partial charge in [-0.05, 0) is 36.4 Å². The Labute approximate surface area is 168 Å². The zero-order valence-corrected chi connectivity index (χ0v) is 15.3. The van der Waals surface area contributed by atoms with Crippen molar-refractivity contribution in [3.8, 4) is 11.6 Å². The quantitative estimate of drug-likeness (QED) is 0.492. The molecule has 0 bridgehead atoms. The van der Waals surface area contributed by atoms with Gasteiger partial charge in [-0.3, -0.25) is 4.79 Å². The number of fused-ring (bicyclic) bond motifs is 1. The van der Waals surface area contributed by atoms with Gasteiger partial charge in [0.1, 0.15) is 0 Å². The van der Waals surface area contributed by atoms with Gasteiger partial charge < -0.3 is 5.11 Å².